The molecule has 0 saturated heterocycles. The van der Waals surface area contributed by atoms with Crippen LogP contribution in [0.5, 0.6) is 0 Å². The molecule has 4 aliphatic carbocycles. The molecule has 0 aromatic heterocycles. The fraction of sp³-hybridized carbons (Fsp3) is 0.950. The molecule has 2 heteroatoms. The second-order valence-corrected chi connectivity index (χ2v) is 9.19. The van der Waals surface area contributed by atoms with Gasteiger partial charge in [0.25, 0.3) is 0 Å². The van der Waals surface area contributed by atoms with Crippen molar-refractivity contribution in [3.8, 4) is 0 Å². The largest absolute Gasteiger partial charge is 0.393 e. The Morgan fingerprint density at radius 3 is 2.50 bits per heavy atom. The van der Waals surface area contributed by atoms with Crippen LogP contribution in [0.1, 0.15) is 71.6 Å². The van der Waals surface area contributed by atoms with Gasteiger partial charge in [0.2, 0.25) is 0 Å². The molecular formula is C20H32O2. The van der Waals surface area contributed by atoms with Crippen LogP contribution >= 0.6 is 0 Å². The van der Waals surface area contributed by atoms with Crippen LogP contribution < -0.4 is 0 Å². The van der Waals surface area contributed by atoms with Crippen molar-refractivity contribution in [3.63, 3.8) is 0 Å². The first kappa shape index (κ1) is 15.2. The second kappa shape index (κ2) is 5.33. The maximum Gasteiger partial charge on any atom is 0.133 e. The third-order valence-electron chi connectivity index (χ3n) is 8.42. The Kier molecular flexibility index (Phi) is 3.67. The number of rotatable bonds is 1. The summed E-state index contributed by atoms with van der Waals surface area (Å²) in [6.45, 7) is 4.26. The van der Waals surface area contributed by atoms with Gasteiger partial charge in [0, 0.05) is 5.92 Å². The van der Waals surface area contributed by atoms with Crippen molar-refractivity contribution in [3.05, 3.63) is 0 Å². The standard InChI is InChI=1S/C20H32O2/c1-12(21)18-7-8-19-17-5-3-13-11-14(22)4-6-15(13)16(17)9-10-20(18,19)2/h13-19,22H,3-11H2,1-2H3/t13-,14-,15+,16-,17-,18-,19+,20-/m1/s1. The highest BCUT2D eigenvalue weighted by Gasteiger charge is 2.57. The van der Waals surface area contributed by atoms with Crippen molar-refractivity contribution >= 4 is 5.78 Å². The third-order valence-corrected chi connectivity index (χ3v) is 8.42. The summed E-state index contributed by atoms with van der Waals surface area (Å²) in [5.74, 6) is 5.02. The molecule has 1 N–H and O–H groups in total. The Balaban J connectivity index is 1.56. The molecule has 8 atom stereocenters. The van der Waals surface area contributed by atoms with Crippen LogP contribution in [0, 0.1) is 40.9 Å². The quantitative estimate of drug-likeness (QED) is 0.788. The minimum Gasteiger partial charge on any atom is -0.393 e. The Bertz CT molecular complexity index is 459. The molecule has 0 heterocycles. The van der Waals surface area contributed by atoms with Crippen LogP contribution in [-0.2, 0) is 4.79 Å². The number of hydrogen-bond donors (Lipinski definition) is 1. The highest BCUT2D eigenvalue weighted by Crippen LogP contribution is 2.64. The van der Waals surface area contributed by atoms with Gasteiger partial charge in [-0.1, -0.05) is 6.92 Å². The van der Waals surface area contributed by atoms with Crippen LogP contribution in [0.3, 0.4) is 0 Å². The third kappa shape index (κ3) is 2.12. The van der Waals surface area contributed by atoms with Gasteiger partial charge in [-0.3, -0.25) is 4.79 Å². The average molecular weight is 304 g/mol. The molecule has 4 saturated carbocycles. The van der Waals surface area contributed by atoms with E-state index in [-0.39, 0.29) is 6.10 Å². The van der Waals surface area contributed by atoms with Crippen LogP contribution in [0.15, 0.2) is 0 Å². The number of hydrogen-bond acceptors (Lipinski definition) is 2. The lowest BCUT2D eigenvalue weighted by molar-refractivity contribution is -0.128. The summed E-state index contributed by atoms with van der Waals surface area (Å²) >= 11 is 0. The molecule has 0 aliphatic heterocycles. The zero-order chi connectivity index (χ0) is 15.5. The molecule has 0 aromatic carbocycles. The average Bonchev–Trinajstić information content (AvgIpc) is 2.84. The van der Waals surface area contributed by atoms with E-state index in [0.717, 1.165) is 48.9 Å². The maximum absolute atomic E-state index is 12.1. The van der Waals surface area contributed by atoms with Crippen LogP contribution in [0.2, 0.25) is 0 Å². The van der Waals surface area contributed by atoms with E-state index in [1.807, 2.05) is 6.92 Å². The topological polar surface area (TPSA) is 37.3 Å². The number of aliphatic hydroxyl groups is 1. The molecule has 4 fully saturated rings. The zero-order valence-electron chi connectivity index (χ0n) is 14.3. The van der Waals surface area contributed by atoms with Gasteiger partial charge < -0.3 is 5.11 Å². The molecule has 2 nitrogen and oxygen atoms in total. The molecular weight excluding hydrogens is 272 g/mol. The van der Waals surface area contributed by atoms with E-state index in [4.69, 9.17) is 0 Å². The second-order valence-electron chi connectivity index (χ2n) is 9.19. The smallest absolute Gasteiger partial charge is 0.133 e. The molecule has 0 unspecified atom stereocenters. The molecule has 0 amide bonds. The zero-order valence-corrected chi connectivity index (χ0v) is 14.3. The minimum absolute atomic E-state index is 0.0276. The van der Waals surface area contributed by atoms with Crippen molar-refractivity contribution in [1.82, 2.24) is 0 Å². The van der Waals surface area contributed by atoms with E-state index >= 15 is 0 Å². The molecule has 22 heavy (non-hydrogen) atoms. The number of carbonyl (C=O) groups is 1. The van der Waals surface area contributed by atoms with Crippen LogP contribution in [0.25, 0.3) is 0 Å². The van der Waals surface area contributed by atoms with Gasteiger partial charge in [-0.25, -0.2) is 0 Å². The number of carbonyl (C=O) groups excluding carboxylic acids is 1. The predicted molar refractivity (Wildman–Crippen MR) is 87.3 cm³/mol. The minimum atomic E-state index is -0.0276. The van der Waals surface area contributed by atoms with Crippen LogP contribution in [-0.4, -0.2) is 17.0 Å². The summed E-state index contributed by atoms with van der Waals surface area (Å²) in [5.41, 5.74) is 0.300. The lowest BCUT2D eigenvalue weighted by Crippen LogP contribution is -2.49. The Morgan fingerprint density at radius 1 is 0.955 bits per heavy atom. The summed E-state index contributed by atoms with van der Waals surface area (Å²) in [5, 5.41) is 9.99. The van der Waals surface area contributed by atoms with Crippen molar-refractivity contribution in [2.24, 2.45) is 40.9 Å². The highest BCUT2D eigenvalue weighted by atomic mass is 16.3. The fourth-order valence-electron chi connectivity index (χ4n) is 7.50. The van der Waals surface area contributed by atoms with E-state index in [1.165, 1.54) is 38.5 Å². The Morgan fingerprint density at radius 2 is 1.73 bits per heavy atom. The van der Waals surface area contributed by atoms with Crippen molar-refractivity contribution in [1.29, 1.82) is 0 Å². The van der Waals surface area contributed by atoms with Gasteiger partial charge in [0.15, 0.2) is 0 Å². The lowest BCUT2D eigenvalue weighted by Gasteiger charge is -2.56. The molecule has 4 aliphatic rings. The molecule has 0 radical (unpaired) electrons. The molecule has 4 rings (SSSR count). The van der Waals surface area contributed by atoms with E-state index < -0.39 is 0 Å². The van der Waals surface area contributed by atoms with E-state index in [2.05, 4.69) is 6.92 Å². The Labute approximate surface area is 135 Å². The monoisotopic (exact) mass is 304 g/mol. The lowest BCUT2D eigenvalue weighted by atomic mass is 9.49. The SMILES string of the molecule is CC(=O)[C@H]1CC[C@H]2[C@@H]3CC[C@@H]4C[C@H](O)CC[C@@H]4[C@H]3CC[C@]12C. The molecule has 124 valence electrons. The van der Waals surface area contributed by atoms with E-state index in [1.54, 1.807) is 0 Å². The van der Waals surface area contributed by atoms with Gasteiger partial charge in [0.1, 0.15) is 5.78 Å². The van der Waals surface area contributed by atoms with Gasteiger partial charge in [-0.2, -0.15) is 0 Å². The summed E-state index contributed by atoms with van der Waals surface area (Å²) < 4.78 is 0. The predicted octanol–water partition coefficient (Wildman–Crippen LogP) is 4.21. The molecule has 0 bridgehead atoms. The molecule has 0 aromatic rings. The van der Waals surface area contributed by atoms with Gasteiger partial charge in [-0.05, 0) is 99.7 Å². The first-order chi connectivity index (χ1) is 10.5. The van der Waals surface area contributed by atoms with E-state index in [0.29, 0.717) is 17.1 Å². The first-order valence-corrected chi connectivity index (χ1v) is 9.69. The summed E-state index contributed by atoms with van der Waals surface area (Å²) in [4.78, 5) is 12.1. The number of fused-ring (bicyclic) bond motifs is 5. The summed E-state index contributed by atoms with van der Waals surface area (Å²) in [6.07, 6.45) is 11.1. The Hall–Kier alpha value is -0.370. The summed E-state index contributed by atoms with van der Waals surface area (Å²) in [7, 11) is 0. The van der Waals surface area contributed by atoms with Crippen molar-refractivity contribution in [2.45, 2.75) is 77.7 Å². The normalized spacial score (nSPS) is 54.2. The van der Waals surface area contributed by atoms with E-state index in [9.17, 15) is 9.90 Å². The number of Topliss-reactive ketones (excluding diaryl/α,β-unsaturated/α-hetero) is 1. The van der Waals surface area contributed by atoms with Crippen molar-refractivity contribution < 1.29 is 9.90 Å². The maximum atomic E-state index is 12.1. The fourth-order valence-corrected chi connectivity index (χ4v) is 7.50. The van der Waals surface area contributed by atoms with Gasteiger partial charge in [0.05, 0.1) is 6.10 Å². The number of ketones is 1. The van der Waals surface area contributed by atoms with Gasteiger partial charge >= 0.3 is 0 Å². The summed E-state index contributed by atoms with van der Waals surface area (Å²) in [6, 6.07) is 0. The van der Waals surface area contributed by atoms with Gasteiger partial charge in [-0.15, -0.1) is 0 Å². The highest BCUT2D eigenvalue weighted by molar-refractivity contribution is 5.79. The van der Waals surface area contributed by atoms with Crippen LogP contribution in [0.4, 0.5) is 0 Å². The first-order valence-electron chi connectivity index (χ1n) is 9.69. The number of aliphatic hydroxyl groups excluding tert-OH is 1. The molecule has 0 spiro atoms. The van der Waals surface area contributed by atoms with Crippen molar-refractivity contribution in [2.75, 3.05) is 0 Å².